The molecule has 0 saturated carbocycles. The Labute approximate surface area is 157 Å². The molecule has 0 saturated heterocycles. The highest BCUT2D eigenvalue weighted by molar-refractivity contribution is 6.06. The van der Waals surface area contributed by atoms with E-state index in [4.69, 9.17) is 23.8 Å². The molecule has 0 N–H and O–H groups in total. The van der Waals surface area contributed by atoms with Crippen LogP contribution in [0.3, 0.4) is 0 Å². The molecule has 9 heteroatoms. The van der Waals surface area contributed by atoms with Gasteiger partial charge in [-0.15, -0.1) is 0 Å². The molecule has 1 aliphatic heterocycles. The third-order valence-electron chi connectivity index (χ3n) is 3.81. The number of nitrogens with zero attached hydrogens (tertiary/aromatic N) is 2. The van der Waals surface area contributed by atoms with Gasteiger partial charge in [-0.3, -0.25) is 4.79 Å². The summed E-state index contributed by atoms with van der Waals surface area (Å²) in [5.41, 5.74) is -1.39. The summed E-state index contributed by atoms with van der Waals surface area (Å²) in [5, 5.41) is 1.29. The van der Waals surface area contributed by atoms with Crippen molar-refractivity contribution >= 4 is 17.8 Å². The van der Waals surface area contributed by atoms with Crippen LogP contribution < -0.4 is 9.47 Å². The predicted octanol–water partition coefficient (Wildman–Crippen LogP) is 1.54. The number of carbonyl (C=O) groups is 2. The molecule has 1 aromatic carbocycles. The number of carbonyl (C=O) groups excluding carboxylic acids is 2. The van der Waals surface area contributed by atoms with Crippen molar-refractivity contribution in [2.24, 2.45) is 4.99 Å². The van der Waals surface area contributed by atoms with Gasteiger partial charge >= 0.3 is 11.9 Å². The van der Waals surface area contributed by atoms with E-state index in [9.17, 15) is 9.59 Å². The monoisotopic (exact) mass is 380 g/mol. The van der Waals surface area contributed by atoms with Gasteiger partial charge in [0.15, 0.2) is 5.84 Å². The number of esters is 2. The zero-order valence-corrected chi connectivity index (χ0v) is 16.1. The average molecular weight is 380 g/mol. The minimum absolute atomic E-state index is 0.110. The van der Waals surface area contributed by atoms with E-state index in [1.54, 1.807) is 39.1 Å². The van der Waals surface area contributed by atoms with E-state index in [1.165, 1.54) is 19.3 Å². The minimum atomic E-state index is -1.88. The molecule has 0 bridgehead atoms. The summed E-state index contributed by atoms with van der Waals surface area (Å²) in [6.45, 7) is 3.61. The number of hydrogen-bond donors (Lipinski definition) is 0. The van der Waals surface area contributed by atoms with Crippen LogP contribution in [-0.2, 0) is 23.9 Å². The number of methoxy groups -OCH3 is 2. The molecule has 0 amide bonds. The van der Waals surface area contributed by atoms with Crippen LogP contribution in [0.5, 0.6) is 11.5 Å². The van der Waals surface area contributed by atoms with Crippen LogP contribution in [0, 0.1) is 0 Å². The van der Waals surface area contributed by atoms with Gasteiger partial charge in [-0.05, 0) is 26.0 Å². The normalized spacial score (nSPS) is 18.7. The zero-order valence-electron chi connectivity index (χ0n) is 16.1. The van der Waals surface area contributed by atoms with E-state index in [2.05, 4.69) is 4.99 Å². The fourth-order valence-electron chi connectivity index (χ4n) is 2.70. The lowest BCUT2D eigenvalue weighted by Gasteiger charge is -2.23. The van der Waals surface area contributed by atoms with Gasteiger partial charge in [0.25, 0.3) is 5.72 Å². The Morgan fingerprint density at radius 3 is 2.22 bits per heavy atom. The van der Waals surface area contributed by atoms with Crippen molar-refractivity contribution in [1.29, 1.82) is 0 Å². The van der Waals surface area contributed by atoms with Crippen molar-refractivity contribution in [3.8, 4) is 11.5 Å². The topological polar surface area (TPSA) is 95.9 Å². The largest absolute Gasteiger partial charge is 0.496 e. The molecular formula is C18H24N2O7. The van der Waals surface area contributed by atoms with Crippen molar-refractivity contribution in [2.75, 3.05) is 34.5 Å². The van der Waals surface area contributed by atoms with Crippen molar-refractivity contribution in [3.63, 3.8) is 0 Å². The summed E-state index contributed by atoms with van der Waals surface area (Å²) in [7, 11) is 4.58. The van der Waals surface area contributed by atoms with Crippen molar-refractivity contribution in [3.05, 3.63) is 23.8 Å². The lowest BCUT2D eigenvalue weighted by Crippen LogP contribution is -2.43. The van der Waals surface area contributed by atoms with Gasteiger partial charge in [-0.2, -0.15) is 0 Å². The SMILES string of the molecule is CCOC(=O)CC1(C(=O)OCC)N=C(c2c(OC)cccc2OC)N(C)O1. The summed E-state index contributed by atoms with van der Waals surface area (Å²) in [4.78, 5) is 34.8. The summed E-state index contributed by atoms with van der Waals surface area (Å²) in [5.74, 6) is -0.204. The van der Waals surface area contributed by atoms with Crippen LogP contribution in [0.1, 0.15) is 25.8 Å². The van der Waals surface area contributed by atoms with Crippen LogP contribution in [0.25, 0.3) is 0 Å². The Morgan fingerprint density at radius 1 is 1.11 bits per heavy atom. The van der Waals surface area contributed by atoms with Crippen LogP contribution >= 0.6 is 0 Å². The number of ether oxygens (including phenoxy) is 4. The number of hydroxylamine groups is 2. The van der Waals surface area contributed by atoms with Crippen LogP contribution in [0.15, 0.2) is 23.2 Å². The minimum Gasteiger partial charge on any atom is -0.496 e. The number of amidine groups is 1. The van der Waals surface area contributed by atoms with Crippen molar-refractivity contribution in [1.82, 2.24) is 5.06 Å². The Balaban J connectivity index is 2.56. The number of benzene rings is 1. The molecule has 0 aliphatic carbocycles. The van der Waals surface area contributed by atoms with E-state index in [0.29, 0.717) is 17.1 Å². The highest BCUT2D eigenvalue weighted by Crippen LogP contribution is 2.36. The first-order chi connectivity index (χ1) is 12.9. The van der Waals surface area contributed by atoms with Gasteiger partial charge in [0.05, 0.1) is 27.4 Å². The van der Waals surface area contributed by atoms with E-state index in [-0.39, 0.29) is 19.0 Å². The average Bonchev–Trinajstić information content (AvgIpc) is 2.98. The molecule has 0 aromatic heterocycles. The van der Waals surface area contributed by atoms with E-state index >= 15 is 0 Å². The van der Waals surface area contributed by atoms with Crippen molar-refractivity contribution < 1.29 is 33.4 Å². The summed E-state index contributed by atoms with van der Waals surface area (Å²) in [6, 6.07) is 5.21. The van der Waals surface area contributed by atoms with Crippen LogP contribution in [-0.4, -0.2) is 63.0 Å². The number of hydrogen-bond acceptors (Lipinski definition) is 9. The summed E-state index contributed by atoms with van der Waals surface area (Å²) >= 11 is 0. The highest BCUT2D eigenvalue weighted by atomic mass is 16.7. The molecule has 0 fully saturated rings. The standard InChI is InChI=1S/C18H24N2O7/c1-6-25-14(21)11-18(17(22)26-7-2)19-16(20(3)27-18)15-12(23-4)9-8-10-13(15)24-5/h8-10H,6-7,11H2,1-5H3. The smallest absolute Gasteiger partial charge is 0.364 e. The van der Waals surface area contributed by atoms with Gasteiger partial charge < -0.3 is 18.9 Å². The third-order valence-corrected chi connectivity index (χ3v) is 3.81. The second-order valence-electron chi connectivity index (χ2n) is 5.55. The number of rotatable bonds is 8. The molecule has 0 spiro atoms. The fourth-order valence-corrected chi connectivity index (χ4v) is 2.70. The van der Waals surface area contributed by atoms with E-state index in [1.807, 2.05) is 0 Å². The van der Waals surface area contributed by atoms with Gasteiger partial charge in [-0.25, -0.2) is 19.7 Å². The Bertz CT molecular complexity index is 712. The van der Waals surface area contributed by atoms with Gasteiger partial charge in [-0.1, -0.05) is 6.07 Å². The van der Waals surface area contributed by atoms with E-state index < -0.39 is 24.1 Å². The van der Waals surface area contributed by atoms with Crippen molar-refractivity contribution in [2.45, 2.75) is 26.0 Å². The van der Waals surface area contributed by atoms with Crippen LogP contribution in [0.4, 0.5) is 0 Å². The second kappa shape index (κ2) is 8.72. The lowest BCUT2D eigenvalue weighted by atomic mass is 10.1. The molecular weight excluding hydrogens is 356 g/mol. The first-order valence-corrected chi connectivity index (χ1v) is 8.49. The molecule has 1 unspecified atom stereocenters. The molecule has 27 heavy (non-hydrogen) atoms. The lowest BCUT2D eigenvalue weighted by molar-refractivity contribution is -0.207. The predicted molar refractivity (Wildman–Crippen MR) is 95.5 cm³/mol. The third kappa shape index (κ3) is 4.13. The molecule has 1 atom stereocenters. The van der Waals surface area contributed by atoms with Gasteiger partial charge in [0.1, 0.15) is 23.5 Å². The molecule has 2 rings (SSSR count). The summed E-state index contributed by atoms with van der Waals surface area (Å²) in [6.07, 6.45) is -0.426. The Morgan fingerprint density at radius 2 is 1.70 bits per heavy atom. The molecule has 148 valence electrons. The number of aliphatic imine (C=N–C) groups is 1. The quantitative estimate of drug-likeness (QED) is 0.627. The van der Waals surface area contributed by atoms with E-state index in [0.717, 1.165) is 0 Å². The maximum absolute atomic E-state index is 12.6. The summed E-state index contributed by atoms with van der Waals surface area (Å²) < 4.78 is 20.8. The molecule has 0 radical (unpaired) electrons. The second-order valence-corrected chi connectivity index (χ2v) is 5.55. The first-order valence-electron chi connectivity index (χ1n) is 8.49. The fraction of sp³-hybridized carbons (Fsp3) is 0.500. The first kappa shape index (κ1) is 20.5. The van der Waals surface area contributed by atoms with Gasteiger partial charge in [0.2, 0.25) is 0 Å². The Hall–Kier alpha value is -2.81. The molecule has 9 nitrogen and oxygen atoms in total. The van der Waals surface area contributed by atoms with Gasteiger partial charge in [0, 0.05) is 7.05 Å². The maximum atomic E-state index is 12.6. The highest BCUT2D eigenvalue weighted by Gasteiger charge is 2.51. The molecule has 1 aliphatic rings. The Kier molecular flexibility index (Phi) is 6.62. The molecule has 1 aromatic rings. The van der Waals surface area contributed by atoms with Crippen LogP contribution in [0.2, 0.25) is 0 Å². The zero-order chi connectivity index (χ0) is 20.0. The maximum Gasteiger partial charge on any atom is 0.364 e. The molecule has 1 heterocycles.